The Morgan fingerprint density at radius 1 is 1.41 bits per heavy atom. The topological polar surface area (TPSA) is 69.7 Å². The maximum atomic E-state index is 12.7. The number of rotatable bonds is 3. The summed E-state index contributed by atoms with van der Waals surface area (Å²) in [6, 6.07) is 7.97. The Kier molecular flexibility index (Phi) is 2.72. The quantitative estimate of drug-likeness (QED) is 0.738. The number of aliphatic carboxylic acids is 1. The van der Waals surface area contributed by atoms with Gasteiger partial charge in [-0.05, 0) is 12.5 Å². The van der Waals surface area contributed by atoms with Crippen LogP contribution in [0.2, 0.25) is 0 Å². The zero-order valence-electron chi connectivity index (χ0n) is 12.2. The largest absolute Gasteiger partial charge is 0.550 e. The lowest BCUT2D eigenvalue weighted by molar-refractivity contribution is -0.313. The first-order valence-corrected chi connectivity index (χ1v) is 7.42. The van der Waals surface area contributed by atoms with E-state index in [1.165, 1.54) is 0 Å². The number of hydrogen-bond donors (Lipinski definition) is 0. The van der Waals surface area contributed by atoms with Gasteiger partial charge in [0.2, 0.25) is 5.91 Å². The molecule has 4 rings (SSSR count). The number of carbonyl (C=O) groups excluding carboxylic acids is 2. The van der Waals surface area contributed by atoms with E-state index in [-0.39, 0.29) is 5.91 Å². The Labute approximate surface area is 128 Å². The molecule has 3 aliphatic rings. The monoisotopic (exact) mass is 298 g/mol. The molecule has 5 heteroatoms. The molecule has 1 amide bonds. The highest BCUT2D eigenvalue weighted by Gasteiger charge is 2.65. The highest BCUT2D eigenvalue weighted by molar-refractivity contribution is 5.90. The molecule has 0 radical (unpaired) electrons. The van der Waals surface area contributed by atoms with E-state index in [0.717, 1.165) is 11.1 Å². The van der Waals surface area contributed by atoms with Crippen LogP contribution in [-0.2, 0) is 20.9 Å². The second-order valence-electron chi connectivity index (χ2n) is 6.40. The van der Waals surface area contributed by atoms with Crippen molar-refractivity contribution in [1.82, 2.24) is 4.90 Å². The minimum atomic E-state index is -1.20. The van der Waals surface area contributed by atoms with Crippen molar-refractivity contribution >= 4 is 11.9 Å². The maximum Gasteiger partial charge on any atom is 0.230 e. The minimum Gasteiger partial charge on any atom is -0.550 e. The van der Waals surface area contributed by atoms with Gasteiger partial charge in [-0.2, -0.15) is 0 Å². The van der Waals surface area contributed by atoms with E-state index < -0.39 is 29.5 Å². The molecule has 1 spiro atoms. The van der Waals surface area contributed by atoms with E-state index in [9.17, 15) is 14.7 Å². The van der Waals surface area contributed by atoms with E-state index in [2.05, 4.69) is 0 Å². The fraction of sp³-hybridized carbons (Fsp3) is 0.412. The van der Waals surface area contributed by atoms with Crippen molar-refractivity contribution in [3.63, 3.8) is 0 Å². The van der Waals surface area contributed by atoms with Crippen molar-refractivity contribution in [3.05, 3.63) is 47.5 Å². The summed E-state index contributed by atoms with van der Waals surface area (Å²) < 4.78 is 5.82. The van der Waals surface area contributed by atoms with Gasteiger partial charge in [0.25, 0.3) is 0 Å². The number of hydrogen-bond acceptors (Lipinski definition) is 4. The van der Waals surface area contributed by atoms with Crippen LogP contribution in [0.1, 0.15) is 11.1 Å². The van der Waals surface area contributed by atoms with Crippen LogP contribution in [0.5, 0.6) is 0 Å². The molecule has 4 atom stereocenters. The van der Waals surface area contributed by atoms with Crippen LogP contribution in [0.15, 0.2) is 36.4 Å². The second kappa shape index (κ2) is 4.43. The summed E-state index contributed by atoms with van der Waals surface area (Å²) in [5.74, 6) is -2.88. The molecular weight excluding hydrogens is 282 g/mol. The minimum absolute atomic E-state index is 0.151. The van der Waals surface area contributed by atoms with Gasteiger partial charge in [0.1, 0.15) is 5.60 Å². The molecule has 1 aromatic carbocycles. The highest BCUT2D eigenvalue weighted by Crippen LogP contribution is 2.51. The van der Waals surface area contributed by atoms with Gasteiger partial charge in [-0.1, -0.05) is 42.0 Å². The molecule has 22 heavy (non-hydrogen) atoms. The Morgan fingerprint density at radius 2 is 2.14 bits per heavy atom. The molecule has 2 saturated heterocycles. The van der Waals surface area contributed by atoms with E-state index in [1.807, 2.05) is 37.3 Å². The van der Waals surface area contributed by atoms with Gasteiger partial charge in [-0.25, -0.2) is 0 Å². The average molecular weight is 298 g/mol. The third-order valence-electron chi connectivity index (χ3n) is 4.94. The molecule has 0 saturated carbocycles. The van der Waals surface area contributed by atoms with E-state index in [1.54, 1.807) is 11.0 Å². The molecule has 5 nitrogen and oxygen atoms in total. The van der Waals surface area contributed by atoms with Gasteiger partial charge in [0.05, 0.1) is 18.6 Å². The van der Waals surface area contributed by atoms with Gasteiger partial charge in [0, 0.05) is 18.4 Å². The first kappa shape index (κ1) is 13.5. The molecule has 0 aromatic heterocycles. The Bertz CT molecular complexity index is 680. The standard InChI is InChI=1S/C17H17NO4/c1-10-2-4-11(5-3-10)8-18-9-17-7-6-12(22-17)13(16(20)21)14(17)15(18)19/h2-7,12-14H,8-9H2,1H3,(H,20,21)/p-1. The molecular formula is C17H16NO4-. The fourth-order valence-corrected chi connectivity index (χ4v) is 3.90. The number of likely N-dealkylation sites (tertiary alicyclic amines) is 1. The van der Waals surface area contributed by atoms with Gasteiger partial charge in [0.15, 0.2) is 0 Å². The van der Waals surface area contributed by atoms with Crippen LogP contribution < -0.4 is 5.11 Å². The highest BCUT2D eigenvalue weighted by atomic mass is 16.5. The van der Waals surface area contributed by atoms with Crippen LogP contribution in [0.25, 0.3) is 0 Å². The van der Waals surface area contributed by atoms with Crippen molar-refractivity contribution in [2.75, 3.05) is 6.54 Å². The first-order chi connectivity index (χ1) is 10.5. The van der Waals surface area contributed by atoms with Crippen LogP contribution in [-0.4, -0.2) is 35.0 Å². The summed E-state index contributed by atoms with van der Waals surface area (Å²) in [4.78, 5) is 25.8. The van der Waals surface area contributed by atoms with E-state index in [4.69, 9.17) is 4.74 Å². The molecule has 114 valence electrons. The number of nitrogens with zero attached hydrogens (tertiary/aromatic N) is 1. The zero-order valence-corrected chi connectivity index (χ0v) is 12.2. The van der Waals surface area contributed by atoms with Gasteiger partial charge in [-0.15, -0.1) is 0 Å². The van der Waals surface area contributed by atoms with E-state index >= 15 is 0 Å². The second-order valence-corrected chi connectivity index (χ2v) is 6.40. The molecule has 3 heterocycles. The smallest absolute Gasteiger partial charge is 0.230 e. The third kappa shape index (κ3) is 1.75. The number of fused-ring (bicyclic) bond motifs is 1. The molecule has 4 unspecified atom stereocenters. The van der Waals surface area contributed by atoms with Crippen molar-refractivity contribution in [3.8, 4) is 0 Å². The number of ether oxygens (including phenoxy) is 1. The predicted octanol–water partition coefficient (Wildman–Crippen LogP) is 0.0269. The molecule has 2 bridgehead atoms. The van der Waals surface area contributed by atoms with Crippen molar-refractivity contribution in [1.29, 1.82) is 0 Å². The summed E-state index contributed by atoms with van der Waals surface area (Å²) in [7, 11) is 0. The van der Waals surface area contributed by atoms with Gasteiger partial charge < -0.3 is 19.5 Å². The summed E-state index contributed by atoms with van der Waals surface area (Å²) in [6.45, 7) is 2.88. The Balaban J connectivity index is 1.61. The number of carbonyl (C=O) groups is 2. The van der Waals surface area contributed by atoms with E-state index in [0.29, 0.717) is 13.1 Å². The Hall–Kier alpha value is -2.14. The summed E-state index contributed by atoms with van der Waals surface area (Å²) >= 11 is 0. The lowest BCUT2D eigenvalue weighted by Crippen LogP contribution is -2.45. The average Bonchev–Trinajstić information content (AvgIpc) is 3.10. The molecule has 1 aromatic rings. The van der Waals surface area contributed by atoms with Crippen LogP contribution in [0.3, 0.4) is 0 Å². The summed E-state index contributed by atoms with van der Waals surface area (Å²) in [5.41, 5.74) is 1.41. The first-order valence-electron chi connectivity index (χ1n) is 7.42. The number of amides is 1. The van der Waals surface area contributed by atoms with Crippen LogP contribution in [0.4, 0.5) is 0 Å². The maximum absolute atomic E-state index is 12.7. The lowest BCUT2D eigenvalue weighted by Gasteiger charge is -2.24. The molecule has 0 N–H and O–H groups in total. The van der Waals surface area contributed by atoms with Crippen LogP contribution in [0, 0.1) is 18.8 Å². The third-order valence-corrected chi connectivity index (χ3v) is 4.94. The van der Waals surface area contributed by atoms with Gasteiger partial charge in [-0.3, -0.25) is 4.79 Å². The van der Waals surface area contributed by atoms with Gasteiger partial charge >= 0.3 is 0 Å². The molecule has 2 fully saturated rings. The number of carboxylic acid groups (broad SMARTS) is 1. The number of carboxylic acids is 1. The number of aryl methyl sites for hydroxylation is 1. The summed E-state index contributed by atoms with van der Waals surface area (Å²) in [6.07, 6.45) is 3.08. The SMILES string of the molecule is Cc1ccc(CN2CC34C=CC(O3)C(C(=O)[O-])C4C2=O)cc1. The molecule has 3 aliphatic heterocycles. The Morgan fingerprint density at radius 3 is 2.82 bits per heavy atom. The predicted molar refractivity (Wildman–Crippen MR) is 75.3 cm³/mol. The van der Waals surface area contributed by atoms with Crippen molar-refractivity contribution < 1.29 is 19.4 Å². The normalized spacial score (nSPS) is 35.2. The molecule has 0 aliphatic carbocycles. The van der Waals surface area contributed by atoms with Crippen molar-refractivity contribution in [2.24, 2.45) is 11.8 Å². The van der Waals surface area contributed by atoms with Crippen LogP contribution >= 0.6 is 0 Å². The van der Waals surface area contributed by atoms with Crippen molar-refractivity contribution in [2.45, 2.75) is 25.2 Å². The fourth-order valence-electron chi connectivity index (χ4n) is 3.90. The zero-order chi connectivity index (χ0) is 15.5. The number of benzene rings is 1. The summed E-state index contributed by atoms with van der Waals surface area (Å²) in [5, 5.41) is 11.4. The lowest BCUT2D eigenvalue weighted by atomic mass is 9.77.